The zero-order valence-electron chi connectivity index (χ0n) is 19.9. The van der Waals surface area contributed by atoms with Crippen molar-refractivity contribution < 1.29 is 50.5 Å². The van der Waals surface area contributed by atoms with Gasteiger partial charge in [0, 0.05) is 18.6 Å². The van der Waals surface area contributed by atoms with Crippen LogP contribution in [0.25, 0.3) is 0 Å². The van der Waals surface area contributed by atoms with Gasteiger partial charge in [-0.05, 0) is 6.92 Å². The monoisotopic (exact) mass is 550 g/mol. The molecule has 0 spiro atoms. The predicted molar refractivity (Wildman–Crippen MR) is 117 cm³/mol. The summed E-state index contributed by atoms with van der Waals surface area (Å²) in [6.45, 7) is 0.752. The second-order valence-corrected chi connectivity index (χ2v) is 8.76. The van der Waals surface area contributed by atoms with Gasteiger partial charge in [0.2, 0.25) is 5.91 Å². The molecule has 15 heteroatoms. The molecule has 9 nitrogen and oxygen atoms in total. The lowest BCUT2D eigenvalue weighted by atomic mass is 9.97. The zero-order chi connectivity index (χ0) is 27.7. The Hall–Kier alpha value is -3.01. The van der Waals surface area contributed by atoms with Gasteiger partial charge in [0.25, 0.3) is 6.43 Å². The molecule has 0 aliphatic carbocycles. The van der Waals surface area contributed by atoms with E-state index in [9.17, 15) is 36.2 Å². The lowest BCUT2D eigenvalue weighted by Gasteiger charge is -2.31. The molecule has 38 heavy (non-hydrogen) atoms. The fourth-order valence-electron chi connectivity index (χ4n) is 4.23. The van der Waals surface area contributed by atoms with Crippen molar-refractivity contribution in [2.45, 2.75) is 50.4 Å². The van der Waals surface area contributed by atoms with Crippen molar-refractivity contribution in [3.63, 3.8) is 0 Å². The number of aryl methyl sites for hydroxylation is 1. The first-order valence-corrected chi connectivity index (χ1v) is 11.5. The second-order valence-electron chi connectivity index (χ2n) is 8.76. The zero-order valence-corrected chi connectivity index (χ0v) is 19.9. The SMILES string of the molecule is Cc1nc(CC(=O)NC2(C(F)(F)F)CCOC2)c(C2OCCO2)c(NC(O)c2cccc(C(F)F)c2F)n1. The van der Waals surface area contributed by atoms with Crippen LogP contribution in [0.3, 0.4) is 0 Å². The summed E-state index contributed by atoms with van der Waals surface area (Å²) in [4.78, 5) is 21.1. The molecule has 1 aromatic heterocycles. The standard InChI is InChI=1S/C23H24F6N4O5/c1-11-30-14(9-15(34)33-22(23(27,28)29)5-6-36-10-22)16(21-37-7-8-38-21)19(31-11)32-20(35)13-4-2-3-12(17(13)24)18(25)26/h2-4,18,20-21,35H,5-10H2,1H3,(H,33,34)(H,30,31,32). The first-order valence-electron chi connectivity index (χ1n) is 11.5. The van der Waals surface area contributed by atoms with Crippen LogP contribution in [0, 0.1) is 12.7 Å². The summed E-state index contributed by atoms with van der Waals surface area (Å²) in [5.41, 5.74) is -4.08. The number of alkyl halides is 5. The number of aliphatic hydroxyl groups is 1. The van der Waals surface area contributed by atoms with Crippen molar-refractivity contribution in [3.05, 3.63) is 52.2 Å². The van der Waals surface area contributed by atoms with E-state index in [1.54, 1.807) is 0 Å². The molecule has 2 aromatic rings. The number of hydrogen-bond acceptors (Lipinski definition) is 8. The maximum atomic E-state index is 14.6. The Morgan fingerprint density at radius 2 is 1.87 bits per heavy atom. The van der Waals surface area contributed by atoms with E-state index in [2.05, 4.69) is 15.3 Å². The summed E-state index contributed by atoms with van der Waals surface area (Å²) in [6.07, 6.45) is -12.1. The van der Waals surface area contributed by atoms with Crippen LogP contribution < -0.4 is 10.6 Å². The first kappa shape index (κ1) is 28.0. The minimum absolute atomic E-state index is 0.0172. The maximum absolute atomic E-state index is 14.6. The van der Waals surface area contributed by atoms with Gasteiger partial charge in [-0.2, -0.15) is 13.2 Å². The number of amides is 1. The first-order chi connectivity index (χ1) is 17.9. The van der Waals surface area contributed by atoms with Crippen LogP contribution in [-0.4, -0.2) is 59.1 Å². The largest absolute Gasteiger partial charge is 0.413 e. The molecule has 1 amide bonds. The third-order valence-corrected chi connectivity index (χ3v) is 6.13. The number of carbonyl (C=O) groups excluding carboxylic acids is 1. The molecule has 0 bridgehead atoms. The Morgan fingerprint density at radius 3 is 2.47 bits per heavy atom. The Labute approximate surface area is 212 Å². The van der Waals surface area contributed by atoms with Gasteiger partial charge in [0.05, 0.1) is 43.1 Å². The van der Waals surface area contributed by atoms with E-state index in [0.717, 1.165) is 18.2 Å². The Bertz CT molecular complexity index is 1170. The minimum atomic E-state index is -4.77. The van der Waals surface area contributed by atoms with Crippen molar-refractivity contribution >= 4 is 11.7 Å². The lowest BCUT2D eigenvalue weighted by Crippen LogP contribution is -2.59. The van der Waals surface area contributed by atoms with Crippen LogP contribution in [0.4, 0.5) is 32.2 Å². The summed E-state index contributed by atoms with van der Waals surface area (Å²) in [5.74, 6) is -2.50. The van der Waals surface area contributed by atoms with E-state index in [1.807, 2.05) is 5.32 Å². The highest BCUT2D eigenvalue weighted by molar-refractivity contribution is 5.80. The van der Waals surface area contributed by atoms with E-state index in [4.69, 9.17) is 14.2 Å². The summed E-state index contributed by atoms with van der Waals surface area (Å²) in [7, 11) is 0. The Balaban J connectivity index is 1.66. The summed E-state index contributed by atoms with van der Waals surface area (Å²) < 4.78 is 97.8. The molecule has 2 atom stereocenters. The highest BCUT2D eigenvalue weighted by Gasteiger charge is 2.58. The van der Waals surface area contributed by atoms with Crippen LogP contribution in [0.15, 0.2) is 18.2 Å². The maximum Gasteiger partial charge on any atom is 0.413 e. The third-order valence-electron chi connectivity index (χ3n) is 6.13. The average Bonchev–Trinajstić information content (AvgIpc) is 3.51. The van der Waals surface area contributed by atoms with Gasteiger partial charge in [-0.3, -0.25) is 4.79 Å². The van der Waals surface area contributed by atoms with Crippen molar-refractivity contribution in [2.75, 3.05) is 31.7 Å². The smallest absolute Gasteiger partial charge is 0.379 e. The van der Waals surface area contributed by atoms with Crippen LogP contribution in [0.2, 0.25) is 0 Å². The Morgan fingerprint density at radius 1 is 1.18 bits per heavy atom. The van der Waals surface area contributed by atoms with E-state index in [-0.39, 0.29) is 42.7 Å². The predicted octanol–water partition coefficient (Wildman–Crippen LogP) is 3.39. The van der Waals surface area contributed by atoms with Gasteiger partial charge >= 0.3 is 6.18 Å². The van der Waals surface area contributed by atoms with Gasteiger partial charge in [0.1, 0.15) is 17.5 Å². The molecule has 4 rings (SSSR count). The molecule has 2 fully saturated rings. The number of carbonyl (C=O) groups is 1. The summed E-state index contributed by atoms with van der Waals surface area (Å²) >= 11 is 0. The summed E-state index contributed by atoms with van der Waals surface area (Å²) in [5, 5.41) is 15.2. The van der Waals surface area contributed by atoms with E-state index >= 15 is 0 Å². The number of nitrogens with zero attached hydrogens (tertiary/aromatic N) is 2. The van der Waals surface area contributed by atoms with Crippen molar-refractivity contribution in [3.8, 4) is 0 Å². The van der Waals surface area contributed by atoms with Crippen LogP contribution in [0.1, 0.15) is 53.6 Å². The number of nitrogens with one attached hydrogen (secondary N) is 2. The molecule has 3 N–H and O–H groups in total. The number of aromatic nitrogens is 2. The number of hydrogen-bond donors (Lipinski definition) is 3. The molecule has 2 unspecified atom stereocenters. The number of benzene rings is 1. The molecule has 3 heterocycles. The number of halogens is 6. The quantitative estimate of drug-likeness (QED) is 0.339. The third kappa shape index (κ3) is 5.70. The molecule has 2 aliphatic rings. The van der Waals surface area contributed by atoms with Crippen LogP contribution in [-0.2, 0) is 25.4 Å². The summed E-state index contributed by atoms with van der Waals surface area (Å²) in [6, 6.07) is 3.10. The molecule has 208 valence electrons. The molecule has 2 aliphatic heterocycles. The van der Waals surface area contributed by atoms with Gasteiger partial charge < -0.3 is 30.0 Å². The average molecular weight is 550 g/mol. The Kier molecular flexibility index (Phi) is 8.11. The fraction of sp³-hybridized carbons (Fsp3) is 0.522. The second kappa shape index (κ2) is 11.0. The number of anilines is 1. The fourth-order valence-corrected chi connectivity index (χ4v) is 4.23. The van der Waals surface area contributed by atoms with Crippen LogP contribution >= 0.6 is 0 Å². The highest BCUT2D eigenvalue weighted by atomic mass is 19.4. The van der Waals surface area contributed by atoms with Gasteiger partial charge in [-0.25, -0.2) is 23.1 Å². The molecule has 1 aromatic carbocycles. The van der Waals surface area contributed by atoms with Crippen molar-refractivity contribution in [2.24, 2.45) is 0 Å². The number of aliphatic hydroxyl groups excluding tert-OH is 1. The lowest BCUT2D eigenvalue weighted by molar-refractivity contribution is -0.197. The van der Waals surface area contributed by atoms with Gasteiger partial charge in [0.15, 0.2) is 18.1 Å². The van der Waals surface area contributed by atoms with Crippen LogP contribution in [0.5, 0.6) is 0 Å². The van der Waals surface area contributed by atoms with E-state index < -0.39 is 73.0 Å². The molecular formula is C23H24F6N4O5. The molecule has 2 saturated heterocycles. The van der Waals surface area contributed by atoms with E-state index in [1.165, 1.54) is 6.92 Å². The normalized spacial score (nSPS) is 21.2. The number of rotatable bonds is 8. The molecule has 0 saturated carbocycles. The number of ether oxygens (including phenoxy) is 3. The van der Waals surface area contributed by atoms with Crippen molar-refractivity contribution in [1.82, 2.24) is 15.3 Å². The van der Waals surface area contributed by atoms with E-state index in [0.29, 0.717) is 0 Å². The minimum Gasteiger partial charge on any atom is -0.379 e. The molecular weight excluding hydrogens is 526 g/mol. The highest BCUT2D eigenvalue weighted by Crippen LogP contribution is 2.38. The topological polar surface area (TPSA) is 115 Å². The van der Waals surface area contributed by atoms with Crippen molar-refractivity contribution in [1.29, 1.82) is 0 Å². The van der Waals surface area contributed by atoms with Gasteiger partial charge in [-0.15, -0.1) is 0 Å². The molecule has 0 radical (unpaired) electrons. The van der Waals surface area contributed by atoms with Gasteiger partial charge in [-0.1, -0.05) is 18.2 Å².